The quantitative estimate of drug-likeness (QED) is 0.776. The van der Waals surface area contributed by atoms with Crippen molar-refractivity contribution in [3.63, 3.8) is 0 Å². The van der Waals surface area contributed by atoms with E-state index in [1.807, 2.05) is 19.9 Å². The van der Waals surface area contributed by atoms with Crippen molar-refractivity contribution in [2.24, 2.45) is 17.8 Å². The lowest BCUT2D eigenvalue weighted by molar-refractivity contribution is 0.0994. The van der Waals surface area contributed by atoms with E-state index in [2.05, 4.69) is 20.8 Å². The Morgan fingerprint density at radius 2 is 2.04 bits per heavy atom. The molecule has 1 aliphatic heterocycles. The van der Waals surface area contributed by atoms with Gasteiger partial charge < -0.3 is 14.4 Å². The molecule has 144 valence electrons. The first-order valence-electron chi connectivity index (χ1n) is 9.44. The predicted molar refractivity (Wildman–Crippen MR) is 104 cm³/mol. The smallest absolute Gasteiger partial charge is 0.231 e. The third-order valence-electron chi connectivity index (χ3n) is 6.07. The van der Waals surface area contributed by atoms with Gasteiger partial charge in [0, 0.05) is 24.6 Å². The fraction of sp³-hybridized carbons (Fsp3) is 0.619. The summed E-state index contributed by atoms with van der Waals surface area (Å²) in [7, 11) is 0. The average Bonchev–Trinajstić information content (AvgIpc) is 3.10. The fourth-order valence-electron chi connectivity index (χ4n) is 3.81. The number of rotatable bonds is 6. The first-order chi connectivity index (χ1) is 12.2. The van der Waals surface area contributed by atoms with Crippen LogP contribution < -0.4 is 5.43 Å². The topological polar surface area (TPSA) is 68.5 Å². The van der Waals surface area contributed by atoms with Crippen LogP contribution in [0.1, 0.15) is 70.1 Å². The van der Waals surface area contributed by atoms with E-state index in [1.54, 1.807) is 10.8 Å². The SMILES string of the molecule is CC=C(C)c1cn(C2COCC2C(C)C(C)CC)c(C(C)=O)c(O)c1=O. The monoisotopic (exact) mass is 361 g/mol. The number of ketones is 1. The van der Waals surface area contributed by atoms with E-state index in [1.165, 1.54) is 6.92 Å². The number of carbonyl (C=O) groups excluding carboxylic acids is 1. The molecule has 1 fully saturated rings. The summed E-state index contributed by atoms with van der Waals surface area (Å²) in [5, 5.41) is 10.5. The molecule has 1 aromatic heterocycles. The third-order valence-corrected chi connectivity index (χ3v) is 6.07. The molecule has 26 heavy (non-hydrogen) atoms. The molecule has 2 rings (SSSR count). The van der Waals surface area contributed by atoms with Gasteiger partial charge in [0.15, 0.2) is 11.5 Å². The maximum Gasteiger partial charge on any atom is 0.231 e. The minimum Gasteiger partial charge on any atom is -0.503 e. The number of carbonyl (C=O) groups is 1. The van der Waals surface area contributed by atoms with Crippen molar-refractivity contribution in [3.05, 3.63) is 33.8 Å². The molecule has 1 aromatic rings. The van der Waals surface area contributed by atoms with Gasteiger partial charge in [-0.15, -0.1) is 0 Å². The molecule has 0 saturated carbocycles. The largest absolute Gasteiger partial charge is 0.503 e. The van der Waals surface area contributed by atoms with Crippen LogP contribution in [0.5, 0.6) is 5.75 Å². The zero-order chi connectivity index (χ0) is 19.6. The highest BCUT2D eigenvalue weighted by atomic mass is 16.5. The van der Waals surface area contributed by atoms with Crippen molar-refractivity contribution >= 4 is 11.4 Å². The summed E-state index contributed by atoms with van der Waals surface area (Å²) in [5.41, 5.74) is 0.795. The summed E-state index contributed by atoms with van der Waals surface area (Å²) in [6, 6.07) is -0.0761. The molecule has 1 aliphatic rings. The van der Waals surface area contributed by atoms with Gasteiger partial charge in [0.05, 0.1) is 19.3 Å². The first-order valence-corrected chi connectivity index (χ1v) is 9.44. The third kappa shape index (κ3) is 3.63. The van der Waals surface area contributed by atoms with E-state index >= 15 is 0 Å². The molecule has 0 aromatic carbocycles. The van der Waals surface area contributed by atoms with Crippen LogP contribution in [0.15, 0.2) is 17.1 Å². The lowest BCUT2D eigenvalue weighted by Crippen LogP contribution is -2.31. The molecule has 4 atom stereocenters. The molecule has 0 radical (unpaired) electrons. The number of Topliss-reactive ketones (excluding diaryl/α,β-unsaturated/α-hetero) is 1. The molecule has 0 aliphatic carbocycles. The Morgan fingerprint density at radius 3 is 2.58 bits per heavy atom. The molecule has 1 N–H and O–H groups in total. The van der Waals surface area contributed by atoms with Gasteiger partial charge in [-0.3, -0.25) is 9.59 Å². The van der Waals surface area contributed by atoms with Crippen LogP contribution in [-0.4, -0.2) is 28.7 Å². The summed E-state index contributed by atoms with van der Waals surface area (Å²) in [5.74, 6) is 0.378. The summed E-state index contributed by atoms with van der Waals surface area (Å²) < 4.78 is 7.55. The molecule has 4 unspecified atom stereocenters. The Bertz CT molecular complexity index is 762. The second-order valence-corrected chi connectivity index (χ2v) is 7.52. The van der Waals surface area contributed by atoms with Crippen LogP contribution in [-0.2, 0) is 4.74 Å². The van der Waals surface area contributed by atoms with Gasteiger partial charge in [0.1, 0.15) is 5.69 Å². The summed E-state index contributed by atoms with van der Waals surface area (Å²) in [4.78, 5) is 24.8. The standard InChI is InChI=1S/C21H31NO4/c1-7-12(3)14(5)17-10-26-11-18(17)22-9-16(13(4)8-2)20(24)21(25)19(22)15(6)23/h8-9,12,14,17-18,25H,7,10-11H2,1-6H3. The molecular weight excluding hydrogens is 330 g/mol. The Morgan fingerprint density at radius 1 is 1.38 bits per heavy atom. The highest BCUT2D eigenvalue weighted by Crippen LogP contribution is 2.38. The van der Waals surface area contributed by atoms with Gasteiger partial charge >= 0.3 is 0 Å². The van der Waals surface area contributed by atoms with Crippen LogP contribution >= 0.6 is 0 Å². The van der Waals surface area contributed by atoms with Crippen LogP contribution in [0.3, 0.4) is 0 Å². The highest BCUT2D eigenvalue weighted by molar-refractivity contribution is 5.95. The van der Waals surface area contributed by atoms with E-state index in [0.29, 0.717) is 30.6 Å². The summed E-state index contributed by atoms with van der Waals surface area (Å²) in [6.45, 7) is 12.8. The van der Waals surface area contributed by atoms with Crippen molar-refractivity contribution < 1.29 is 14.6 Å². The van der Waals surface area contributed by atoms with E-state index in [-0.39, 0.29) is 23.4 Å². The molecule has 0 spiro atoms. The van der Waals surface area contributed by atoms with Crippen molar-refractivity contribution in [2.45, 2.75) is 54.0 Å². The zero-order valence-corrected chi connectivity index (χ0v) is 16.7. The normalized spacial score (nSPS) is 23.1. The molecule has 0 amide bonds. The van der Waals surface area contributed by atoms with E-state index in [4.69, 9.17) is 4.74 Å². The molecule has 0 bridgehead atoms. The number of hydrogen-bond acceptors (Lipinski definition) is 4. The summed E-state index contributed by atoms with van der Waals surface area (Å²) in [6.07, 6.45) is 4.63. The maximum atomic E-state index is 12.5. The molecule has 2 heterocycles. The van der Waals surface area contributed by atoms with Gasteiger partial charge in [-0.2, -0.15) is 0 Å². The van der Waals surface area contributed by atoms with Crippen LogP contribution in [0.4, 0.5) is 0 Å². The minimum atomic E-state index is -0.493. The number of pyridine rings is 1. The van der Waals surface area contributed by atoms with Gasteiger partial charge in [-0.25, -0.2) is 0 Å². The van der Waals surface area contributed by atoms with Gasteiger partial charge in [-0.05, 0) is 31.3 Å². The lowest BCUT2D eigenvalue weighted by Gasteiger charge is -2.31. The second kappa shape index (κ2) is 8.21. The average molecular weight is 361 g/mol. The van der Waals surface area contributed by atoms with Gasteiger partial charge in [-0.1, -0.05) is 33.3 Å². The Labute approximate surface area is 155 Å². The van der Waals surface area contributed by atoms with E-state index in [0.717, 1.165) is 12.0 Å². The number of aromatic hydroxyl groups is 1. The highest BCUT2D eigenvalue weighted by Gasteiger charge is 2.37. The predicted octanol–water partition coefficient (Wildman–Crippen LogP) is 4.05. The van der Waals surface area contributed by atoms with Crippen molar-refractivity contribution in [2.75, 3.05) is 13.2 Å². The first kappa shape index (κ1) is 20.4. The molecule has 5 heteroatoms. The van der Waals surface area contributed by atoms with Crippen molar-refractivity contribution in [3.8, 4) is 5.75 Å². The Balaban J connectivity index is 2.65. The van der Waals surface area contributed by atoms with Crippen molar-refractivity contribution in [1.29, 1.82) is 0 Å². The Kier molecular flexibility index (Phi) is 6.45. The molecule has 5 nitrogen and oxygen atoms in total. The van der Waals surface area contributed by atoms with Crippen LogP contribution in [0.2, 0.25) is 0 Å². The molecule has 1 saturated heterocycles. The maximum absolute atomic E-state index is 12.5. The second-order valence-electron chi connectivity index (χ2n) is 7.52. The summed E-state index contributed by atoms with van der Waals surface area (Å²) >= 11 is 0. The van der Waals surface area contributed by atoms with Crippen LogP contribution in [0.25, 0.3) is 5.57 Å². The van der Waals surface area contributed by atoms with E-state index in [9.17, 15) is 14.7 Å². The van der Waals surface area contributed by atoms with Gasteiger partial charge in [0.25, 0.3) is 0 Å². The minimum absolute atomic E-state index is 0.0761. The fourth-order valence-corrected chi connectivity index (χ4v) is 3.81. The number of hydrogen-bond donors (Lipinski definition) is 1. The lowest BCUT2D eigenvalue weighted by atomic mass is 9.80. The number of ether oxygens (including phenoxy) is 1. The number of nitrogens with zero attached hydrogens (tertiary/aromatic N) is 1. The van der Waals surface area contributed by atoms with Gasteiger partial charge in [0.2, 0.25) is 5.43 Å². The Hall–Kier alpha value is -1.88. The van der Waals surface area contributed by atoms with Crippen molar-refractivity contribution in [1.82, 2.24) is 4.57 Å². The number of aromatic nitrogens is 1. The van der Waals surface area contributed by atoms with Crippen LogP contribution in [0, 0.1) is 17.8 Å². The van der Waals surface area contributed by atoms with E-state index < -0.39 is 11.2 Å². The zero-order valence-electron chi connectivity index (χ0n) is 16.7. The number of allylic oxidation sites excluding steroid dienone is 2. The molecular formula is C21H31NO4.